The standard InChI is InChI=1S/C5H7N3O3S/c6-12(9,10)11-4-5-7-2-1-3-8-5/h1-3H,4H2,(H2,6,9,10). The maximum atomic E-state index is 10.3. The summed E-state index contributed by atoms with van der Waals surface area (Å²) >= 11 is 0. The summed E-state index contributed by atoms with van der Waals surface area (Å²) in [7, 11) is -3.90. The second-order valence-corrected chi connectivity index (χ2v) is 3.14. The fraction of sp³-hybridized carbons (Fsp3) is 0.200. The van der Waals surface area contributed by atoms with E-state index in [1.807, 2.05) is 0 Å². The predicted octanol–water partition coefficient (Wildman–Crippen LogP) is -0.803. The van der Waals surface area contributed by atoms with Crippen LogP contribution in [0.15, 0.2) is 18.5 Å². The molecule has 1 rings (SSSR count). The third-order valence-electron chi connectivity index (χ3n) is 0.972. The molecule has 0 unspecified atom stereocenters. The van der Waals surface area contributed by atoms with E-state index in [9.17, 15) is 8.42 Å². The van der Waals surface area contributed by atoms with Gasteiger partial charge in [-0.25, -0.2) is 15.1 Å². The van der Waals surface area contributed by atoms with Crippen LogP contribution in [0, 0.1) is 0 Å². The Morgan fingerprint density at radius 1 is 1.42 bits per heavy atom. The smallest absolute Gasteiger partial charge is 0.250 e. The van der Waals surface area contributed by atoms with Crippen molar-refractivity contribution in [3.8, 4) is 0 Å². The topological polar surface area (TPSA) is 95.2 Å². The van der Waals surface area contributed by atoms with Crippen LogP contribution in [0.1, 0.15) is 5.82 Å². The Labute approximate surface area is 69.7 Å². The highest BCUT2D eigenvalue weighted by molar-refractivity contribution is 7.84. The summed E-state index contributed by atoms with van der Waals surface area (Å²) < 4.78 is 24.8. The van der Waals surface area contributed by atoms with Crippen molar-refractivity contribution in [2.24, 2.45) is 5.14 Å². The normalized spacial score (nSPS) is 11.4. The highest BCUT2D eigenvalue weighted by atomic mass is 32.2. The molecule has 1 aromatic rings. The molecule has 6 nitrogen and oxygen atoms in total. The van der Waals surface area contributed by atoms with Crippen LogP contribution in [0.5, 0.6) is 0 Å². The number of hydrogen-bond acceptors (Lipinski definition) is 5. The quantitative estimate of drug-likeness (QED) is 0.671. The van der Waals surface area contributed by atoms with Crippen LogP contribution in [0.2, 0.25) is 0 Å². The molecule has 7 heteroatoms. The maximum absolute atomic E-state index is 10.3. The molecule has 0 aliphatic rings. The molecule has 0 saturated carbocycles. The summed E-state index contributed by atoms with van der Waals surface area (Å²) in [6.07, 6.45) is 2.96. The van der Waals surface area contributed by atoms with Crippen molar-refractivity contribution >= 4 is 10.3 Å². The van der Waals surface area contributed by atoms with Gasteiger partial charge >= 0.3 is 10.3 Å². The lowest BCUT2D eigenvalue weighted by Crippen LogP contribution is -2.16. The third kappa shape index (κ3) is 3.37. The molecule has 0 bridgehead atoms. The van der Waals surface area contributed by atoms with Gasteiger partial charge in [-0.2, -0.15) is 8.42 Å². The van der Waals surface area contributed by atoms with Crippen molar-refractivity contribution in [1.29, 1.82) is 0 Å². The summed E-state index contributed by atoms with van der Waals surface area (Å²) in [6, 6.07) is 1.61. The second-order valence-electron chi connectivity index (χ2n) is 1.92. The van der Waals surface area contributed by atoms with Gasteiger partial charge in [-0.15, -0.1) is 0 Å². The Balaban J connectivity index is 2.56. The van der Waals surface area contributed by atoms with Gasteiger partial charge in [0.2, 0.25) is 0 Å². The third-order valence-corrected chi connectivity index (χ3v) is 1.42. The monoisotopic (exact) mass is 189 g/mol. The second kappa shape index (κ2) is 3.57. The van der Waals surface area contributed by atoms with Gasteiger partial charge in [-0.05, 0) is 6.07 Å². The van der Waals surface area contributed by atoms with Crippen LogP contribution in [0.25, 0.3) is 0 Å². The molecule has 1 aromatic heterocycles. The van der Waals surface area contributed by atoms with Gasteiger partial charge in [-0.1, -0.05) is 0 Å². The van der Waals surface area contributed by atoms with Crippen LogP contribution in [-0.4, -0.2) is 18.4 Å². The van der Waals surface area contributed by atoms with E-state index in [4.69, 9.17) is 0 Å². The number of hydrogen-bond donors (Lipinski definition) is 1. The summed E-state index contributed by atoms with van der Waals surface area (Å²) in [6.45, 7) is -0.236. The Morgan fingerprint density at radius 3 is 2.50 bits per heavy atom. The van der Waals surface area contributed by atoms with E-state index in [1.54, 1.807) is 6.07 Å². The van der Waals surface area contributed by atoms with Crippen LogP contribution in [0.3, 0.4) is 0 Å². The Morgan fingerprint density at radius 2 is 2.00 bits per heavy atom. The molecule has 12 heavy (non-hydrogen) atoms. The van der Waals surface area contributed by atoms with E-state index in [0.29, 0.717) is 0 Å². The minimum Gasteiger partial charge on any atom is -0.250 e. The Hall–Kier alpha value is -1.05. The molecule has 0 aromatic carbocycles. The van der Waals surface area contributed by atoms with Crippen molar-refractivity contribution in [1.82, 2.24) is 9.97 Å². The summed E-state index contributed by atoms with van der Waals surface area (Å²) in [5.74, 6) is 0.270. The molecule has 0 aliphatic heterocycles. The van der Waals surface area contributed by atoms with Crippen LogP contribution in [0.4, 0.5) is 0 Å². The lowest BCUT2D eigenvalue weighted by atomic mass is 10.6. The molecular formula is C5H7N3O3S. The van der Waals surface area contributed by atoms with Crippen LogP contribution >= 0.6 is 0 Å². The van der Waals surface area contributed by atoms with Gasteiger partial charge in [0.1, 0.15) is 6.61 Å². The van der Waals surface area contributed by atoms with E-state index in [2.05, 4.69) is 19.3 Å². The molecule has 66 valence electrons. The first kappa shape index (κ1) is 9.04. The summed E-state index contributed by atoms with van der Waals surface area (Å²) in [5.41, 5.74) is 0. The largest absolute Gasteiger partial charge is 0.333 e. The van der Waals surface area contributed by atoms with Crippen molar-refractivity contribution in [2.45, 2.75) is 6.61 Å². The number of aromatic nitrogens is 2. The fourth-order valence-electron chi connectivity index (χ4n) is 0.539. The van der Waals surface area contributed by atoms with E-state index in [1.165, 1.54) is 12.4 Å². The van der Waals surface area contributed by atoms with Gasteiger partial charge in [-0.3, -0.25) is 4.18 Å². The first-order valence-corrected chi connectivity index (χ1v) is 4.48. The van der Waals surface area contributed by atoms with Crippen molar-refractivity contribution in [2.75, 3.05) is 0 Å². The SMILES string of the molecule is NS(=O)(=O)OCc1ncccn1. The maximum Gasteiger partial charge on any atom is 0.333 e. The average molecular weight is 189 g/mol. The van der Waals surface area contributed by atoms with Crippen molar-refractivity contribution in [3.05, 3.63) is 24.3 Å². The van der Waals surface area contributed by atoms with Crippen LogP contribution in [-0.2, 0) is 21.1 Å². The van der Waals surface area contributed by atoms with Crippen molar-refractivity contribution in [3.63, 3.8) is 0 Å². The van der Waals surface area contributed by atoms with E-state index in [-0.39, 0.29) is 12.4 Å². The molecule has 0 radical (unpaired) electrons. The zero-order valence-electron chi connectivity index (χ0n) is 6.04. The average Bonchev–Trinajstić information content (AvgIpc) is 2.02. The van der Waals surface area contributed by atoms with Gasteiger partial charge < -0.3 is 0 Å². The molecule has 0 spiro atoms. The zero-order chi connectivity index (χ0) is 9.03. The van der Waals surface area contributed by atoms with Gasteiger partial charge in [0.25, 0.3) is 0 Å². The highest BCUT2D eigenvalue weighted by Gasteiger charge is 2.03. The number of nitrogens with zero attached hydrogens (tertiary/aromatic N) is 2. The number of rotatable bonds is 3. The van der Waals surface area contributed by atoms with Crippen molar-refractivity contribution < 1.29 is 12.6 Å². The molecule has 0 atom stereocenters. The lowest BCUT2D eigenvalue weighted by Gasteiger charge is -1.97. The Bertz CT molecular complexity index is 336. The van der Waals surface area contributed by atoms with E-state index < -0.39 is 10.3 Å². The predicted molar refractivity (Wildman–Crippen MR) is 39.9 cm³/mol. The molecule has 0 saturated heterocycles. The lowest BCUT2D eigenvalue weighted by molar-refractivity contribution is 0.299. The summed E-state index contributed by atoms with van der Waals surface area (Å²) in [4.78, 5) is 7.45. The van der Waals surface area contributed by atoms with Crippen LogP contribution < -0.4 is 5.14 Å². The minimum atomic E-state index is -3.90. The molecule has 1 heterocycles. The van der Waals surface area contributed by atoms with Gasteiger partial charge in [0, 0.05) is 12.4 Å². The minimum absolute atomic E-state index is 0.236. The van der Waals surface area contributed by atoms with E-state index in [0.717, 1.165) is 0 Å². The molecule has 0 aliphatic carbocycles. The highest BCUT2D eigenvalue weighted by Crippen LogP contribution is 1.93. The number of nitrogens with two attached hydrogens (primary N) is 1. The van der Waals surface area contributed by atoms with Gasteiger partial charge in [0.15, 0.2) is 5.82 Å². The first-order valence-electron chi connectivity index (χ1n) is 3.01. The Kier molecular flexibility index (Phi) is 2.69. The molecule has 2 N–H and O–H groups in total. The van der Waals surface area contributed by atoms with E-state index >= 15 is 0 Å². The zero-order valence-corrected chi connectivity index (χ0v) is 6.86. The molecule has 0 amide bonds. The van der Waals surface area contributed by atoms with Gasteiger partial charge in [0.05, 0.1) is 0 Å². The molecule has 0 fully saturated rings. The fourth-order valence-corrected chi connectivity index (χ4v) is 0.809. The first-order chi connectivity index (χ1) is 5.58. The molecular weight excluding hydrogens is 182 g/mol. The summed E-state index contributed by atoms with van der Waals surface area (Å²) in [5, 5.41) is 4.58.